The molecule has 0 atom stereocenters. The molecule has 0 unspecified atom stereocenters. The van der Waals surface area contributed by atoms with Crippen LogP contribution in [-0.4, -0.2) is 5.34 Å². The van der Waals surface area contributed by atoms with E-state index in [2.05, 4.69) is 0 Å². The number of halogens is 5. The monoisotopic (exact) mass is 133 g/mol. The van der Waals surface area contributed by atoms with Crippen LogP contribution in [0.4, 0.5) is 22.1 Å². The molecule has 0 bridgehead atoms. The molecule has 0 saturated heterocycles. The Morgan fingerprint density at radius 1 is 1.00 bits per heavy atom. The van der Waals surface area contributed by atoms with Gasteiger partial charge in [0.15, 0.2) is 0 Å². The molecule has 1 nitrogen and oxygen atoms in total. The zero-order chi connectivity index (χ0) is 6.73. The molecule has 0 radical (unpaired) electrons. The van der Waals surface area contributed by atoms with Crippen LogP contribution in [0.5, 0.6) is 0 Å². The molecule has 8 heavy (non-hydrogen) atoms. The summed E-state index contributed by atoms with van der Waals surface area (Å²) in [6.45, 7) is 0. The molecule has 0 heterocycles. The highest BCUT2D eigenvalue weighted by atomic mass is 19.4. The molecule has 48 valence electrons. The van der Waals surface area contributed by atoms with Crippen molar-refractivity contribution >= 4 is 0 Å². The van der Waals surface area contributed by atoms with E-state index in [1.165, 1.54) is 0 Å². The van der Waals surface area contributed by atoms with Crippen LogP contribution in [0.3, 0.4) is 0 Å². The maximum absolute atomic E-state index is 11.0. The normalized spacial score (nSPS) is 8.62. The first-order valence-corrected chi connectivity index (χ1v) is 1.38. The van der Waals surface area contributed by atoms with Gasteiger partial charge in [0.05, 0.1) is 0 Å². The first-order valence-electron chi connectivity index (χ1n) is 1.38. The van der Waals surface area contributed by atoms with Crippen LogP contribution in [-0.2, 0) is 0 Å². The van der Waals surface area contributed by atoms with Gasteiger partial charge in [0.2, 0.25) is 0 Å². The first kappa shape index (κ1) is 7.19. The van der Waals surface area contributed by atoms with Crippen molar-refractivity contribution in [2.24, 2.45) is 0 Å². The Bertz CT molecular complexity index is 103. The van der Waals surface area contributed by atoms with E-state index in [-0.39, 0.29) is 0 Å². The van der Waals surface area contributed by atoms with Crippen LogP contribution in [0, 0.1) is 0 Å². The standard InChI is InChI=1S/C2F5N/c3-1(4)2(5)8(6)7. The second kappa shape index (κ2) is 2.49. The minimum absolute atomic E-state index is 2.30. The van der Waals surface area contributed by atoms with E-state index in [9.17, 15) is 22.1 Å². The van der Waals surface area contributed by atoms with Crippen molar-refractivity contribution < 1.29 is 22.1 Å². The van der Waals surface area contributed by atoms with Crippen LogP contribution >= 0.6 is 0 Å². The molecule has 0 fully saturated rings. The molecule has 0 aliphatic heterocycles. The summed E-state index contributed by atoms with van der Waals surface area (Å²) in [6, 6.07) is 0. The van der Waals surface area contributed by atoms with Gasteiger partial charge >= 0.3 is 12.0 Å². The molecule has 0 rings (SSSR count). The summed E-state index contributed by atoms with van der Waals surface area (Å²) in [5, 5.41) is -2.30. The lowest BCUT2D eigenvalue weighted by Gasteiger charge is -1.91. The van der Waals surface area contributed by atoms with Crippen molar-refractivity contribution in [2.45, 2.75) is 0 Å². The average molecular weight is 133 g/mol. The zero-order valence-corrected chi connectivity index (χ0v) is 3.34. The minimum atomic E-state index is -3.03. The Labute approximate surface area is 40.9 Å². The molecule has 0 aromatic rings. The lowest BCUT2D eigenvalue weighted by Crippen LogP contribution is -1.94. The number of nitrogens with zero attached hydrogens (tertiary/aromatic N) is 1. The quantitative estimate of drug-likeness (QED) is 0.300. The highest BCUT2D eigenvalue weighted by molar-refractivity contribution is 4.83. The van der Waals surface area contributed by atoms with E-state index in [4.69, 9.17) is 0 Å². The summed E-state index contributed by atoms with van der Waals surface area (Å²) >= 11 is 0. The summed E-state index contributed by atoms with van der Waals surface area (Å²) in [5.41, 5.74) is 0. The maximum atomic E-state index is 11.0. The van der Waals surface area contributed by atoms with Gasteiger partial charge in [-0.2, -0.15) is 13.2 Å². The summed E-state index contributed by atoms with van der Waals surface area (Å²) in [6.07, 6.45) is -3.03. The molecule has 0 aromatic heterocycles. The summed E-state index contributed by atoms with van der Waals surface area (Å²) in [4.78, 5) is 0. The Morgan fingerprint density at radius 3 is 1.38 bits per heavy atom. The Kier molecular flexibility index (Phi) is 2.23. The van der Waals surface area contributed by atoms with Crippen molar-refractivity contribution in [3.05, 3.63) is 12.0 Å². The molecular weight excluding hydrogens is 133 g/mol. The molecule has 0 saturated carbocycles. The fourth-order valence-corrected chi connectivity index (χ4v) is 0.0639. The Balaban J connectivity index is 4.00. The lowest BCUT2D eigenvalue weighted by molar-refractivity contribution is -0.142. The third kappa shape index (κ3) is 1.76. The lowest BCUT2D eigenvalue weighted by atomic mass is 10.9. The third-order valence-corrected chi connectivity index (χ3v) is 0.304. The van der Waals surface area contributed by atoms with E-state index in [1.54, 1.807) is 0 Å². The highest BCUT2D eigenvalue weighted by Crippen LogP contribution is 2.14. The van der Waals surface area contributed by atoms with E-state index in [0.29, 0.717) is 0 Å². The first-order chi connectivity index (χ1) is 3.55. The Hall–Kier alpha value is -0.810. The van der Waals surface area contributed by atoms with Gasteiger partial charge in [-0.15, -0.1) is 0 Å². The number of rotatable bonds is 1. The fourth-order valence-electron chi connectivity index (χ4n) is 0.0639. The Morgan fingerprint density at radius 2 is 1.38 bits per heavy atom. The van der Waals surface area contributed by atoms with E-state index in [0.717, 1.165) is 0 Å². The summed E-state index contributed by atoms with van der Waals surface area (Å²) in [7, 11) is 0. The van der Waals surface area contributed by atoms with Gasteiger partial charge in [0.25, 0.3) is 0 Å². The second-order valence-corrected chi connectivity index (χ2v) is 0.784. The van der Waals surface area contributed by atoms with Gasteiger partial charge in [-0.1, -0.05) is 8.96 Å². The molecule has 0 N–H and O–H groups in total. The van der Waals surface area contributed by atoms with Crippen molar-refractivity contribution in [2.75, 3.05) is 0 Å². The average Bonchev–Trinajstić information content (AvgIpc) is 1.64. The van der Waals surface area contributed by atoms with Gasteiger partial charge in [-0.05, 0) is 5.34 Å². The maximum Gasteiger partial charge on any atom is 0.328 e. The number of hydrogen-bond donors (Lipinski definition) is 0. The summed E-state index contributed by atoms with van der Waals surface area (Å²) < 4.78 is 53.5. The van der Waals surface area contributed by atoms with Gasteiger partial charge in [-0.3, -0.25) is 0 Å². The van der Waals surface area contributed by atoms with E-state index < -0.39 is 17.4 Å². The van der Waals surface area contributed by atoms with Gasteiger partial charge in [0.1, 0.15) is 0 Å². The van der Waals surface area contributed by atoms with Crippen LogP contribution in [0.25, 0.3) is 0 Å². The molecule has 0 amide bonds. The predicted molar refractivity (Wildman–Crippen MR) is 14.4 cm³/mol. The van der Waals surface area contributed by atoms with Crippen molar-refractivity contribution in [1.29, 1.82) is 0 Å². The zero-order valence-electron chi connectivity index (χ0n) is 3.34. The topological polar surface area (TPSA) is 3.24 Å². The third-order valence-electron chi connectivity index (χ3n) is 0.304. The largest absolute Gasteiger partial charge is 0.328 e. The molecule has 0 aliphatic rings. The molecular formula is C2F5N. The van der Waals surface area contributed by atoms with Gasteiger partial charge < -0.3 is 0 Å². The van der Waals surface area contributed by atoms with Crippen LogP contribution in [0.1, 0.15) is 0 Å². The van der Waals surface area contributed by atoms with Crippen LogP contribution in [0.15, 0.2) is 12.0 Å². The van der Waals surface area contributed by atoms with Crippen LogP contribution < -0.4 is 0 Å². The van der Waals surface area contributed by atoms with E-state index >= 15 is 0 Å². The highest BCUT2D eigenvalue weighted by Gasteiger charge is 2.12. The van der Waals surface area contributed by atoms with Crippen molar-refractivity contribution in [3.63, 3.8) is 0 Å². The van der Waals surface area contributed by atoms with Crippen LogP contribution in [0.2, 0.25) is 0 Å². The van der Waals surface area contributed by atoms with Crippen molar-refractivity contribution in [3.8, 4) is 0 Å². The molecule has 0 spiro atoms. The van der Waals surface area contributed by atoms with E-state index in [1.807, 2.05) is 0 Å². The fraction of sp³-hybridized carbons (Fsp3) is 0. The predicted octanol–water partition coefficient (Wildman–Crippen LogP) is 2.09. The molecule has 0 aliphatic carbocycles. The number of hydrogen-bond acceptors (Lipinski definition) is 1. The minimum Gasteiger partial charge on any atom is -0.175 e. The second-order valence-electron chi connectivity index (χ2n) is 0.784. The SMILES string of the molecule is FC(F)=C(F)N(F)F. The summed E-state index contributed by atoms with van der Waals surface area (Å²) in [5.74, 6) is -2.81. The van der Waals surface area contributed by atoms with Gasteiger partial charge in [-0.25, -0.2) is 0 Å². The van der Waals surface area contributed by atoms with Gasteiger partial charge in [0, 0.05) is 0 Å². The molecule has 0 aromatic carbocycles. The molecule has 6 heteroatoms. The van der Waals surface area contributed by atoms with Crippen molar-refractivity contribution in [1.82, 2.24) is 5.34 Å². The smallest absolute Gasteiger partial charge is 0.175 e.